The molecule has 9 heteroatoms. The van der Waals surface area contributed by atoms with Gasteiger partial charge in [0.25, 0.3) is 6.01 Å². The molecule has 0 aliphatic rings. The predicted octanol–water partition coefficient (Wildman–Crippen LogP) is 2.62. The third kappa shape index (κ3) is 3.22. The van der Waals surface area contributed by atoms with Crippen molar-refractivity contribution >= 4 is 29.1 Å². The molecule has 0 unspecified atom stereocenters. The number of nitrogens with two attached hydrogens (primary N) is 1. The molecule has 116 valence electrons. The maximum atomic E-state index is 8.79. The van der Waals surface area contributed by atoms with Crippen LogP contribution in [-0.2, 0) is 0 Å². The van der Waals surface area contributed by atoms with Gasteiger partial charge in [-0.25, -0.2) is 4.98 Å². The van der Waals surface area contributed by atoms with Crippen molar-refractivity contribution in [1.82, 2.24) is 15.0 Å². The Kier molecular flexibility index (Phi) is 4.07. The molecule has 8 nitrogen and oxygen atoms in total. The Bertz CT molecular complexity index is 846. The highest BCUT2D eigenvalue weighted by Gasteiger charge is 2.12. The van der Waals surface area contributed by atoms with Crippen LogP contribution in [0.1, 0.15) is 5.69 Å². The Morgan fingerprint density at radius 1 is 1.22 bits per heavy atom. The van der Waals surface area contributed by atoms with Gasteiger partial charge in [-0.05, 0) is 24.3 Å². The second-order valence-electron chi connectivity index (χ2n) is 4.40. The van der Waals surface area contributed by atoms with Crippen LogP contribution >= 0.6 is 11.6 Å². The molecule has 3 aromatic rings. The van der Waals surface area contributed by atoms with E-state index in [1.54, 1.807) is 24.3 Å². The summed E-state index contributed by atoms with van der Waals surface area (Å²) in [5.74, 6) is 0.345. The molecule has 0 fully saturated rings. The first-order valence-corrected chi connectivity index (χ1v) is 6.83. The quantitative estimate of drug-likeness (QED) is 0.291. The number of aromatic nitrogens is 3. The Morgan fingerprint density at radius 2 is 2.09 bits per heavy atom. The Morgan fingerprint density at radius 3 is 2.83 bits per heavy atom. The lowest BCUT2D eigenvalue weighted by Crippen LogP contribution is -2.16. The number of nitrogens with one attached hydrogen (secondary N) is 1. The summed E-state index contributed by atoms with van der Waals surface area (Å²) in [6.07, 6.45) is 4.57. The number of oxime groups is 1. The number of amidine groups is 1. The second-order valence-corrected chi connectivity index (χ2v) is 4.84. The third-order valence-corrected chi connectivity index (χ3v) is 3.11. The lowest BCUT2D eigenvalue weighted by Gasteiger charge is -2.06. The number of pyridine rings is 2. The minimum atomic E-state index is -0.126. The van der Waals surface area contributed by atoms with E-state index in [1.165, 1.54) is 18.6 Å². The number of hydrogen-bond acceptors (Lipinski definition) is 7. The number of nitrogens with zero attached hydrogens (tertiary/aromatic N) is 4. The van der Waals surface area contributed by atoms with Crippen LogP contribution in [0, 0.1) is 0 Å². The zero-order valence-corrected chi connectivity index (χ0v) is 12.4. The SMILES string of the molecule is NC(=NO)c1ncccc1Nc1ncc(-c2ccc(Cl)cn2)o1. The van der Waals surface area contributed by atoms with Crippen LogP contribution in [0.25, 0.3) is 11.5 Å². The Hall–Kier alpha value is -3.13. The predicted molar refractivity (Wildman–Crippen MR) is 84.8 cm³/mol. The summed E-state index contributed by atoms with van der Waals surface area (Å²) in [6.45, 7) is 0. The van der Waals surface area contributed by atoms with Gasteiger partial charge >= 0.3 is 0 Å². The number of rotatable bonds is 4. The van der Waals surface area contributed by atoms with E-state index >= 15 is 0 Å². The largest absolute Gasteiger partial charge is 0.422 e. The van der Waals surface area contributed by atoms with Gasteiger partial charge in [0, 0.05) is 12.4 Å². The smallest absolute Gasteiger partial charge is 0.299 e. The van der Waals surface area contributed by atoms with Gasteiger partial charge in [-0.2, -0.15) is 0 Å². The average Bonchev–Trinajstić information content (AvgIpc) is 3.04. The summed E-state index contributed by atoms with van der Waals surface area (Å²) in [6, 6.07) is 7.04. The maximum absolute atomic E-state index is 8.79. The normalized spacial score (nSPS) is 11.4. The van der Waals surface area contributed by atoms with Crippen molar-refractivity contribution in [3.8, 4) is 11.5 Å². The van der Waals surface area contributed by atoms with Crippen LogP contribution in [0.15, 0.2) is 52.4 Å². The first-order chi connectivity index (χ1) is 11.2. The zero-order valence-electron chi connectivity index (χ0n) is 11.6. The monoisotopic (exact) mass is 330 g/mol. The van der Waals surface area contributed by atoms with Gasteiger partial charge < -0.3 is 20.7 Å². The van der Waals surface area contributed by atoms with E-state index in [2.05, 4.69) is 25.4 Å². The molecular weight excluding hydrogens is 320 g/mol. The molecular formula is C14H11ClN6O2. The molecule has 3 rings (SSSR count). The van der Waals surface area contributed by atoms with Gasteiger partial charge in [-0.1, -0.05) is 16.8 Å². The van der Waals surface area contributed by atoms with Crippen LogP contribution in [0.4, 0.5) is 11.7 Å². The molecule has 23 heavy (non-hydrogen) atoms. The van der Waals surface area contributed by atoms with Gasteiger partial charge in [-0.15, -0.1) is 0 Å². The highest BCUT2D eigenvalue weighted by Crippen LogP contribution is 2.24. The molecule has 4 N–H and O–H groups in total. The standard InChI is InChI=1S/C14H11ClN6O2/c15-8-3-4-9(18-6-8)11-7-19-14(23-11)20-10-2-1-5-17-12(10)13(16)21-22/h1-7,22H,(H2,16,21)(H,19,20). The Labute approximate surface area is 135 Å². The van der Waals surface area contributed by atoms with Gasteiger partial charge in [0.2, 0.25) is 0 Å². The van der Waals surface area contributed by atoms with Gasteiger partial charge in [0.15, 0.2) is 11.6 Å². The number of halogens is 1. The summed E-state index contributed by atoms with van der Waals surface area (Å²) in [7, 11) is 0. The van der Waals surface area contributed by atoms with E-state index in [9.17, 15) is 0 Å². The van der Waals surface area contributed by atoms with Crippen molar-refractivity contribution in [3.05, 3.63) is 53.6 Å². The minimum absolute atomic E-state index is 0.126. The van der Waals surface area contributed by atoms with Gasteiger partial charge in [0.1, 0.15) is 11.4 Å². The highest BCUT2D eigenvalue weighted by atomic mass is 35.5. The molecule has 0 aliphatic heterocycles. The molecule has 0 bridgehead atoms. The van der Waals surface area contributed by atoms with Crippen molar-refractivity contribution in [2.75, 3.05) is 5.32 Å². The maximum Gasteiger partial charge on any atom is 0.299 e. The molecule has 0 spiro atoms. The fourth-order valence-electron chi connectivity index (χ4n) is 1.84. The molecule has 3 heterocycles. The molecule has 0 aromatic carbocycles. The van der Waals surface area contributed by atoms with Crippen LogP contribution in [0.2, 0.25) is 5.02 Å². The van der Waals surface area contributed by atoms with Gasteiger partial charge in [-0.3, -0.25) is 9.97 Å². The minimum Gasteiger partial charge on any atom is -0.422 e. The molecule has 0 radical (unpaired) electrons. The summed E-state index contributed by atoms with van der Waals surface area (Å²) in [5.41, 5.74) is 6.94. The highest BCUT2D eigenvalue weighted by molar-refractivity contribution is 6.30. The first-order valence-electron chi connectivity index (χ1n) is 6.45. The summed E-state index contributed by atoms with van der Waals surface area (Å²) in [4.78, 5) is 12.3. The topological polar surface area (TPSA) is 122 Å². The summed E-state index contributed by atoms with van der Waals surface area (Å²) in [5, 5.41) is 15.2. The lowest BCUT2D eigenvalue weighted by molar-refractivity contribution is 0.318. The fourth-order valence-corrected chi connectivity index (χ4v) is 1.96. The fraction of sp³-hybridized carbons (Fsp3) is 0. The van der Waals surface area contributed by atoms with E-state index in [-0.39, 0.29) is 17.5 Å². The number of anilines is 2. The van der Waals surface area contributed by atoms with Crippen molar-refractivity contribution < 1.29 is 9.62 Å². The van der Waals surface area contributed by atoms with Crippen LogP contribution < -0.4 is 11.1 Å². The van der Waals surface area contributed by atoms with Crippen molar-refractivity contribution in [2.45, 2.75) is 0 Å². The third-order valence-electron chi connectivity index (χ3n) is 2.89. The zero-order chi connectivity index (χ0) is 16.2. The first kappa shape index (κ1) is 14.8. The molecule has 0 saturated heterocycles. The molecule has 0 saturated carbocycles. The van der Waals surface area contributed by atoms with E-state index < -0.39 is 0 Å². The van der Waals surface area contributed by atoms with E-state index in [4.69, 9.17) is 27.0 Å². The van der Waals surface area contributed by atoms with Crippen molar-refractivity contribution in [3.63, 3.8) is 0 Å². The van der Waals surface area contributed by atoms with Crippen molar-refractivity contribution in [1.29, 1.82) is 0 Å². The van der Waals surface area contributed by atoms with Crippen LogP contribution in [0.5, 0.6) is 0 Å². The van der Waals surface area contributed by atoms with Crippen LogP contribution in [-0.4, -0.2) is 26.0 Å². The lowest BCUT2D eigenvalue weighted by atomic mass is 10.3. The van der Waals surface area contributed by atoms with Crippen LogP contribution in [0.3, 0.4) is 0 Å². The van der Waals surface area contributed by atoms with Crippen molar-refractivity contribution in [2.24, 2.45) is 10.9 Å². The van der Waals surface area contributed by atoms with E-state index in [0.29, 0.717) is 22.2 Å². The molecule has 3 aromatic heterocycles. The van der Waals surface area contributed by atoms with E-state index in [1.807, 2.05) is 0 Å². The number of oxazole rings is 1. The van der Waals surface area contributed by atoms with Gasteiger partial charge in [0.05, 0.1) is 16.9 Å². The number of hydrogen-bond donors (Lipinski definition) is 3. The molecule has 0 atom stereocenters. The van der Waals surface area contributed by atoms with E-state index in [0.717, 1.165) is 0 Å². The molecule has 0 aliphatic carbocycles. The Balaban J connectivity index is 1.87. The molecule has 0 amide bonds. The average molecular weight is 331 g/mol. The summed E-state index contributed by atoms with van der Waals surface area (Å²) >= 11 is 5.80. The second kappa shape index (κ2) is 6.32. The summed E-state index contributed by atoms with van der Waals surface area (Å²) < 4.78 is 5.58.